The van der Waals surface area contributed by atoms with Gasteiger partial charge in [-0.05, 0) is 42.2 Å². The van der Waals surface area contributed by atoms with Crippen LogP contribution in [0.25, 0.3) is 0 Å². The molecule has 2 rings (SSSR count). The quantitative estimate of drug-likeness (QED) is 0.872. The molecule has 20 heavy (non-hydrogen) atoms. The first kappa shape index (κ1) is 14.1. The second-order valence-electron chi connectivity index (χ2n) is 4.99. The largest absolute Gasteiger partial charge is 0.481 e. The van der Waals surface area contributed by atoms with Crippen LogP contribution in [-0.4, -0.2) is 11.1 Å². The van der Waals surface area contributed by atoms with Crippen molar-refractivity contribution >= 4 is 11.7 Å². The molecule has 0 aromatic heterocycles. The maximum atomic E-state index is 10.6. The summed E-state index contributed by atoms with van der Waals surface area (Å²) in [5.74, 6) is -0.800. The number of hydrogen-bond donors (Lipinski definition) is 2. The van der Waals surface area contributed by atoms with Crippen molar-refractivity contribution in [2.75, 3.05) is 5.32 Å². The summed E-state index contributed by atoms with van der Waals surface area (Å²) in [7, 11) is 0. The second-order valence-corrected chi connectivity index (χ2v) is 4.99. The Labute approximate surface area is 119 Å². The molecule has 0 spiro atoms. The third kappa shape index (κ3) is 3.60. The summed E-state index contributed by atoms with van der Waals surface area (Å²) in [6.07, 6.45) is 0.0741. The van der Waals surface area contributed by atoms with Gasteiger partial charge in [-0.1, -0.05) is 36.4 Å². The third-order valence-corrected chi connectivity index (χ3v) is 3.47. The van der Waals surface area contributed by atoms with Crippen molar-refractivity contribution in [3.63, 3.8) is 0 Å². The maximum absolute atomic E-state index is 10.6. The molecular formula is C17H19NO2. The summed E-state index contributed by atoms with van der Waals surface area (Å²) in [5, 5.41) is 12.1. The first-order chi connectivity index (χ1) is 9.56. The lowest BCUT2D eigenvalue weighted by Gasteiger charge is -2.11. The Balaban J connectivity index is 2.00. The van der Waals surface area contributed by atoms with Gasteiger partial charge in [0.15, 0.2) is 0 Å². The molecule has 104 valence electrons. The van der Waals surface area contributed by atoms with Crippen molar-refractivity contribution in [2.45, 2.75) is 26.8 Å². The number of aliphatic carboxylic acids is 1. The lowest BCUT2D eigenvalue weighted by molar-refractivity contribution is -0.136. The molecular weight excluding hydrogens is 250 g/mol. The number of carbonyl (C=O) groups is 1. The van der Waals surface area contributed by atoms with Crippen molar-refractivity contribution in [2.24, 2.45) is 0 Å². The lowest BCUT2D eigenvalue weighted by atomic mass is 10.1. The summed E-state index contributed by atoms with van der Waals surface area (Å²) in [6, 6.07) is 13.9. The Bertz CT molecular complexity index is 603. The van der Waals surface area contributed by atoms with Crippen LogP contribution < -0.4 is 5.32 Å². The minimum atomic E-state index is -0.800. The SMILES string of the molecule is Cc1cccc(NCc2ccc(CC(=O)O)cc2)c1C. The van der Waals surface area contributed by atoms with Crippen LogP contribution >= 0.6 is 0 Å². The standard InChI is InChI=1S/C17H19NO2/c1-12-4-3-5-16(13(12)2)18-11-15-8-6-14(7-9-15)10-17(19)20/h3-9,18H,10-11H2,1-2H3,(H,19,20). The van der Waals surface area contributed by atoms with Crippen molar-refractivity contribution < 1.29 is 9.90 Å². The molecule has 0 radical (unpaired) electrons. The molecule has 0 saturated heterocycles. The van der Waals surface area contributed by atoms with E-state index >= 15 is 0 Å². The van der Waals surface area contributed by atoms with E-state index in [1.807, 2.05) is 30.3 Å². The van der Waals surface area contributed by atoms with Gasteiger partial charge in [0.2, 0.25) is 0 Å². The number of carboxylic acid groups (broad SMARTS) is 1. The third-order valence-electron chi connectivity index (χ3n) is 3.47. The molecule has 0 aliphatic rings. The molecule has 2 aromatic rings. The first-order valence-electron chi connectivity index (χ1n) is 6.66. The van der Waals surface area contributed by atoms with Gasteiger partial charge in [0, 0.05) is 12.2 Å². The summed E-state index contributed by atoms with van der Waals surface area (Å²) >= 11 is 0. The topological polar surface area (TPSA) is 49.3 Å². The van der Waals surface area contributed by atoms with Crippen LogP contribution in [0, 0.1) is 13.8 Å². The number of anilines is 1. The average molecular weight is 269 g/mol. The Morgan fingerprint density at radius 3 is 2.35 bits per heavy atom. The van der Waals surface area contributed by atoms with E-state index in [4.69, 9.17) is 5.11 Å². The number of rotatable bonds is 5. The van der Waals surface area contributed by atoms with Gasteiger partial charge in [-0.3, -0.25) is 4.79 Å². The van der Waals surface area contributed by atoms with Crippen LogP contribution in [0.4, 0.5) is 5.69 Å². The van der Waals surface area contributed by atoms with Gasteiger partial charge in [-0.25, -0.2) is 0 Å². The van der Waals surface area contributed by atoms with Gasteiger partial charge in [-0.15, -0.1) is 0 Å². The number of benzene rings is 2. The second kappa shape index (κ2) is 6.24. The van der Waals surface area contributed by atoms with Gasteiger partial charge in [0.1, 0.15) is 0 Å². The van der Waals surface area contributed by atoms with Crippen molar-refractivity contribution in [1.82, 2.24) is 0 Å². The van der Waals surface area contributed by atoms with Crippen molar-refractivity contribution in [3.8, 4) is 0 Å². The van der Waals surface area contributed by atoms with Crippen LogP contribution in [0.5, 0.6) is 0 Å². The predicted molar refractivity (Wildman–Crippen MR) is 81.0 cm³/mol. The zero-order chi connectivity index (χ0) is 14.5. The minimum absolute atomic E-state index is 0.0741. The Kier molecular flexibility index (Phi) is 4.41. The van der Waals surface area contributed by atoms with E-state index in [2.05, 4.69) is 31.3 Å². The molecule has 2 aromatic carbocycles. The number of aryl methyl sites for hydroxylation is 1. The van der Waals surface area contributed by atoms with Gasteiger partial charge >= 0.3 is 5.97 Å². The lowest BCUT2D eigenvalue weighted by Crippen LogP contribution is -2.03. The Morgan fingerprint density at radius 2 is 1.70 bits per heavy atom. The van der Waals surface area contributed by atoms with E-state index in [0.29, 0.717) is 0 Å². The molecule has 0 heterocycles. The van der Waals surface area contributed by atoms with E-state index < -0.39 is 5.97 Å². The van der Waals surface area contributed by atoms with Crippen molar-refractivity contribution in [1.29, 1.82) is 0 Å². The zero-order valence-electron chi connectivity index (χ0n) is 11.8. The monoisotopic (exact) mass is 269 g/mol. The zero-order valence-corrected chi connectivity index (χ0v) is 11.8. The Hall–Kier alpha value is -2.29. The van der Waals surface area contributed by atoms with E-state index in [-0.39, 0.29) is 6.42 Å². The van der Waals surface area contributed by atoms with Crippen molar-refractivity contribution in [3.05, 3.63) is 64.7 Å². The summed E-state index contributed by atoms with van der Waals surface area (Å²) in [6.45, 7) is 4.94. The predicted octanol–water partition coefficient (Wildman–Crippen LogP) is 3.54. The van der Waals surface area contributed by atoms with Gasteiger partial charge in [0.05, 0.1) is 6.42 Å². The highest BCUT2D eigenvalue weighted by Crippen LogP contribution is 2.18. The molecule has 0 fully saturated rings. The summed E-state index contributed by atoms with van der Waals surface area (Å²) in [4.78, 5) is 10.6. The molecule has 3 nitrogen and oxygen atoms in total. The van der Waals surface area contributed by atoms with Gasteiger partial charge < -0.3 is 10.4 Å². The van der Waals surface area contributed by atoms with Gasteiger partial charge in [-0.2, -0.15) is 0 Å². The molecule has 0 atom stereocenters. The van der Waals surface area contributed by atoms with Crippen LogP contribution in [0.2, 0.25) is 0 Å². The average Bonchev–Trinajstić information content (AvgIpc) is 2.41. The number of nitrogens with one attached hydrogen (secondary N) is 1. The fourth-order valence-corrected chi connectivity index (χ4v) is 2.09. The van der Waals surface area contributed by atoms with Crippen LogP contribution in [0.3, 0.4) is 0 Å². The molecule has 0 unspecified atom stereocenters. The van der Waals surface area contributed by atoms with Crippen LogP contribution in [0.15, 0.2) is 42.5 Å². The molecule has 2 N–H and O–H groups in total. The molecule has 0 amide bonds. The van der Waals surface area contributed by atoms with Gasteiger partial charge in [0.25, 0.3) is 0 Å². The summed E-state index contributed by atoms with van der Waals surface area (Å²) in [5.41, 5.74) is 5.63. The van der Waals surface area contributed by atoms with Crippen LogP contribution in [-0.2, 0) is 17.8 Å². The van der Waals surface area contributed by atoms with Crippen LogP contribution in [0.1, 0.15) is 22.3 Å². The molecule has 3 heteroatoms. The highest BCUT2D eigenvalue weighted by molar-refractivity contribution is 5.70. The number of hydrogen-bond acceptors (Lipinski definition) is 2. The summed E-state index contributed by atoms with van der Waals surface area (Å²) < 4.78 is 0. The molecule has 0 saturated carbocycles. The minimum Gasteiger partial charge on any atom is -0.481 e. The van der Waals surface area contributed by atoms with E-state index in [9.17, 15) is 4.79 Å². The maximum Gasteiger partial charge on any atom is 0.307 e. The molecule has 0 bridgehead atoms. The Morgan fingerprint density at radius 1 is 1.05 bits per heavy atom. The fourth-order valence-electron chi connectivity index (χ4n) is 2.09. The highest BCUT2D eigenvalue weighted by atomic mass is 16.4. The number of carboxylic acids is 1. The fraction of sp³-hybridized carbons (Fsp3) is 0.235. The van der Waals surface area contributed by atoms with E-state index in [0.717, 1.165) is 23.4 Å². The molecule has 0 aliphatic heterocycles. The highest BCUT2D eigenvalue weighted by Gasteiger charge is 2.02. The van der Waals surface area contributed by atoms with E-state index in [1.54, 1.807) is 0 Å². The van der Waals surface area contributed by atoms with E-state index in [1.165, 1.54) is 11.1 Å². The smallest absolute Gasteiger partial charge is 0.307 e. The first-order valence-corrected chi connectivity index (χ1v) is 6.66. The molecule has 0 aliphatic carbocycles. The normalized spacial score (nSPS) is 10.3.